The van der Waals surface area contributed by atoms with Crippen molar-refractivity contribution in [1.29, 1.82) is 0 Å². The largest absolute Gasteiger partial charge is 0.310 e. The Morgan fingerprint density at radius 3 is 2.75 bits per heavy atom. The Hall–Kier alpha value is -3.20. The van der Waals surface area contributed by atoms with Crippen LogP contribution in [-0.4, -0.2) is 41.8 Å². The fourth-order valence-corrected chi connectivity index (χ4v) is 4.07. The average molecular weight is 391 g/mol. The number of anilines is 1. The van der Waals surface area contributed by atoms with Crippen LogP contribution < -0.4 is 5.32 Å². The first-order chi connectivity index (χ1) is 13.6. The first kappa shape index (κ1) is 16.9. The van der Waals surface area contributed by atoms with E-state index in [1.807, 2.05) is 19.1 Å². The van der Waals surface area contributed by atoms with Gasteiger partial charge in [0, 0.05) is 22.8 Å². The molecule has 1 atom stereocenters. The van der Waals surface area contributed by atoms with E-state index in [4.69, 9.17) is 0 Å². The van der Waals surface area contributed by atoms with Crippen molar-refractivity contribution in [2.45, 2.75) is 24.2 Å². The third-order valence-electron chi connectivity index (χ3n) is 4.99. The summed E-state index contributed by atoms with van der Waals surface area (Å²) in [4.78, 5) is 13.7. The van der Waals surface area contributed by atoms with Gasteiger partial charge in [0.05, 0.1) is 5.69 Å². The first-order valence-corrected chi connectivity index (χ1v) is 10.1. The number of hydrogen-bond donors (Lipinski definition) is 1. The molecular formula is C19H17N7OS. The van der Waals surface area contributed by atoms with E-state index in [1.54, 1.807) is 21.0 Å². The fourth-order valence-electron chi connectivity index (χ4n) is 3.67. The maximum absolute atomic E-state index is 12.5. The Labute approximate surface area is 165 Å². The Bertz CT molecular complexity index is 1190. The molecule has 0 aliphatic carbocycles. The van der Waals surface area contributed by atoms with Crippen molar-refractivity contribution >= 4 is 29.1 Å². The van der Waals surface area contributed by atoms with Crippen LogP contribution in [0.3, 0.4) is 0 Å². The molecule has 9 heteroatoms. The molecule has 1 amide bonds. The van der Waals surface area contributed by atoms with E-state index >= 15 is 0 Å². The molecule has 1 aromatic carbocycles. The fraction of sp³-hybridized carbons (Fsp3) is 0.211. The number of carbonyl (C=O) groups excluding carboxylic acids is 1. The second-order valence-electron chi connectivity index (χ2n) is 6.66. The summed E-state index contributed by atoms with van der Waals surface area (Å²) in [6.45, 7) is 1.97. The zero-order chi connectivity index (χ0) is 19.3. The van der Waals surface area contributed by atoms with Crippen LogP contribution in [0.15, 0.2) is 47.6 Å². The molecule has 3 aromatic heterocycles. The highest BCUT2D eigenvalue weighted by Gasteiger charge is 2.33. The number of nitrogens with one attached hydrogen (secondary N) is 1. The highest BCUT2D eigenvalue weighted by atomic mass is 32.2. The second-order valence-corrected chi connectivity index (χ2v) is 7.54. The Morgan fingerprint density at radius 2 is 1.96 bits per heavy atom. The highest BCUT2D eigenvalue weighted by molar-refractivity contribution is 7.98. The first-order valence-electron chi connectivity index (χ1n) is 8.85. The van der Waals surface area contributed by atoms with Gasteiger partial charge >= 0.3 is 0 Å². The lowest BCUT2D eigenvalue weighted by atomic mass is 9.86. The third-order valence-corrected chi connectivity index (χ3v) is 5.73. The van der Waals surface area contributed by atoms with Gasteiger partial charge in [-0.3, -0.25) is 4.79 Å². The summed E-state index contributed by atoms with van der Waals surface area (Å²) in [6, 6.07) is 12.0. The van der Waals surface area contributed by atoms with Gasteiger partial charge in [0.25, 0.3) is 0 Å². The maximum atomic E-state index is 12.5. The number of nitrogens with zero attached hydrogens (tertiary/aromatic N) is 6. The minimum Gasteiger partial charge on any atom is -0.310 e. The summed E-state index contributed by atoms with van der Waals surface area (Å²) < 4.78 is 3.27. The zero-order valence-electron chi connectivity index (χ0n) is 15.3. The zero-order valence-corrected chi connectivity index (χ0v) is 16.1. The topological polar surface area (TPSA) is 90.0 Å². The van der Waals surface area contributed by atoms with Crippen LogP contribution in [0, 0.1) is 6.92 Å². The lowest BCUT2D eigenvalue weighted by Crippen LogP contribution is -2.25. The molecule has 0 saturated heterocycles. The molecule has 0 fully saturated rings. The molecule has 4 aromatic rings. The third kappa shape index (κ3) is 2.66. The number of hydrogen-bond acceptors (Lipinski definition) is 6. The summed E-state index contributed by atoms with van der Waals surface area (Å²) in [6.07, 6.45) is 3.99. The van der Waals surface area contributed by atoms with Crippen LogP contribution in [0.25, 0.3) is 11.5 Å². The van der Waals surface area contributed by atoms with Crippen molar-refractivity contribution in [1.82, 2.24) is 29.6 Å². The van der Waals surface area contributed by atoms with Crippen LogP contribution in [0.1, 0.15) is 29.2 Å². The number of thioether (sulfide) groups is 1. The molecule has 140 valence electrons. The van der Waals surface area contributed by atoms with E-state index in [0.717, 1.165) is 16.8 Å². The van der Waals surface area contributed by atoms with Crippen molar-refractivity contribution in [2.24, 2.45) is 0 Å². The van der Waals surface area contributed by atoms with Crippen LogP contribution in [0.5, 0.6) is 0 Å². The molecule has 4 heterocycles. The second kappa shape index (κ2) is 6.45. The standard InChI is InChI=1S/C19H17N7OS/c1-11-18-14(12-3-5-13(28-2)6-4-12)9-17(27)21-19(18)26(23-11)16-8-7-15-22-20-10-25(15)24-16/h3-8,10,14H,9H2,1-2H3,(H,21,27)/t14-/m0/s1. The van der Waals surface area contributed by atoms with E-state index in [0.29, 0.717) is 23.7 Å². The van der Waals surface area contributed by atoms with Crippen molar-refractivity contribution < 1.29 is 4.79 Å². The quantitative estimate of drug-likeness (QED) is 0.540. The predicted octanol–water partition coefficient (Wildman–Crippen LogP) is 2.81. The molecule has 0 radical (unpaired) electrons. The van der Waals surface area contributed by atoms with Crippen LogP contribution >= 0.6 is 11.8 Å². The number of fused-ring (bicyclic) bond motifs is 2. The minimum absolute atomic E-state index is 0.0297. The molecule has 8 nitrogen and oxygen atoms in total. The van der Waals surface area contributed by atoms with Gasteiger partial charge in [-0.25, -0.2) is 0 Å². The Morgan fingerprint density at radius 1 is 1.14 bits per heavy atom. The van der Waals surface area contributed by atoms with E-state index in [-0.39, 0.29) is 11.8 Å². The molecule has 1 aliphatic rings. The highest BCUT2D eigenvalue weighted by Crippen LogP contribution is 2.40. The molecule has 1 N–H and O–H groups in total. The van der Waals surface area contributed by atoms with Gasteiger partial charge in [-0.2, -0.15) is 14.3 Å². The monoisotopic (exact) mass is 391 g/mol. The molecule has 5 rings (SSSR count). The average Bonchev–Trinajstić information content (AvgIpc) is 3.31. The van der Waals surface area contributed by atoms with Crippen LogP contribution in [-0.2, 0) is 4.79 Å². The van der Waals surface area contributed by atoms with E-state index in [2.05, 4.69) is 56.2 Å². The van der Waals surface area contributed by atoms with Gasteiger partial charge in [0.1, 0.15) is 12.1 Å². The van der Waals surface area contributed by atoms with E-state index in [1.165, 1.54) is 11.2 Å². The maximum Gasteiger partial charge on any atom is 0.226 e. The summed E-state index contributed by atoms with van der Waals surface area (Å²) in [5, 5.41) is 20.0. The molecule has 1 aliphatic heterocycles. The molecule has 0 spiro atoms. The van der Waals surface area contributed by atoms with E-state index in [9.17, 15) is 4.79 Å². The minimum atomic E-state index is -0.0351. The lowest BCUT2D eigenvalue weighted by Gasteiger charge is -2.24. The number of amides is 1. The van der Waals surface area contributed by atoms with Crippen LogP contribution in [0.2, 0.25) is 0 Å². The Kier molecular flexibility index (Phi) is 3.90. The molecule has 28 heavy (non-hydrogen) atoms. The van der Waals surface area contributed by atoms with Crippen molar-refractivity contribution in [3.8, 4) is 5.82 Å². The van der Waals surface area contributed by atoms with Gasteiger partial charge in [0.2, 0.25) is 5.91 Å². The lowest BCUT2D eigenvalue weighted by molar-refractivity contribution is -0.116. The SMILES string of the molecule is CSc1ccc([C@@H]2CC(=O)Nc3c2c(C)nn3-c2ccc3nncn3n2)cc1. The van der Waals surface area contributed by atoms with Gasteiger partial charge in [-0.15, -0.1) is 27.1 Å². The molecule has 0 saturated carbocycles. The van der Waals surface area contributed by atoms with Crippen molar-refractivity contribution in [3.63, 3.8) is 0 Å². The van der Waals surface area contributed by atoms with Crippen LogP contribution in [0.4, 0.5) is 5.82 Å². The Balaban J connectivity index is 1.64. The number of benzene rings is 1. The summed E-state index contributed by atoms with van der Waals surface area (Å²) >= 11 is 1.70. The van der Waals surface area contributed by atoms with Gasteiger partial charge < -0.3 is 5.32 Å². The predicted molar refractivity (Wildman–Crippen MR) is 106 cm³/mol. The van der Waals surface area contributed by atoms with Crippen molar-refractivity contribution in [3.05, 3.63) is 59.5 Å². The number of aryl methyl sites for hydroxylation is 1. The summed E-state index contributed by atoms with van der Waals surface area (Å²) in [5.41, 5.74) is 3.66. The number of aromatic nitrogens is 6. The molecule has 0 bridgehead atoms. The molecular weight excluding hydrogens is 374 g/mol. The number of rotatable bonds is 3. The van der Waals surface area contributed by atoms with Gasteiger partial charge in [-0.1, -0.05) is 12.1 Å². The summed E-state index contributed by atoms with van der Waals surface area (Å²) in [7, 11) is 0. The summed E-state index contributed by atoms with van der Waals surface area (Å²) in [5.74, 6) is 1.20. The van der Waals surface area contributed by atoms with Gasteiger partial charge in [-0.05, 0) is 43.0 Å². The molecule has 0 unspecified atom stereocenters. The normalized spacial score (nSPS) is 16.2. The number of carbonyl (C=O) groups is 1. The van der Waals surface area contributed by atoms with E-state index < -0.39 is 0 Å². The van der Waals surface area contributed by atoms with Crippen molar-refractivity contribution in [2.75, 3.05) is 11.6 Å². The van der Waals surface area contributed by atoms with Gasteiger partial charge in [0.15, 0.2) is 11.5 Å². The smallest absolute Gasteiger partial charge is 0.226 e.